The summed E-state index contributed by atoms with van der Waals surface area (Å²) in [5.41, 5.74) is 0. The van der Waals surface area contributed by atoms with Gasteiger partial charge in [0, 0.05) is 11.4 Å². The molecule has 0 saturated heterocycles. The van der Waals surface area contributed by atoms with E-state index in [1.807, 2.05) is 0 Å². The SMILES string of the molecule is CNC1CCC(C2CCC(Cl)C(Cl)C2)C2CCCCC12. The highest BCUT2D eigenvalue weighted by Gasteiger charge is 2.44. The predicted octanol–water partition coefficient (Wildman–Crippen LogP) is 4.81. The van der Waals surface area contributed by atoms with Crippen LogP contribution in [0.4, 0.5) is 0 Å². The van der Waals surface area contributed by atoms with Crippen LogP contribution in [-0.2, 0) is 0 Å². The first-order valence-electron chi connectivity index (χ1n) is 8.66. The van der Waals surface area contributed by atoms with E-state index in [4.69, 9.17) is 23.2 Å². The van der Waals surface area contributed by atoms with Crippen molar-refractivity contribution in [2.24, 2.45) is 23.7 Å². The molecule has 1 nitrogen and oxygen atoms in total. The third kappa shape index (κ3) is 3.01. The predicted molar refractivity (Wildman–Crippen MR) is 87.6 cm³/mol. The van der Waals surface area contributed by atoms with Crippen LogP contribution < -0.4 is 5.32 Å². The summed E-state index contributed by atoms with van der Waals surface area (Å²) >= 11 is 12.8. The monoisotopic (exact) mass is 317 g/mol. The molecule has 0 aromatic heterocycles. The maximum absolute atomic E-state index is 6.47. The van der Waals surface area contributed by atoms with Crippen molar-refractivity contribution in [1.29, 1.82) is 0 Å². The maximum Gasteiger partial charge on any atom is 0.0502 e. The molecule has 20 heavy (non-hydrogen) atoms. The standard InChI is InChI=1S/C17H29Cl2N/c1-20-17-9-7-12(13-4-2-3-5-14(13)17)11-6-8-15(18)16(19)10-11/h11-17,20H,2-10H2,1H3. The quantitative estimate of drug-likeness (QED) is 0.721. The Labute approximate surface area is 134 Å². The Morgan fingerprint density at radius 1 is 0.750 bits per heavy atom. The van der Waals surface area contributed by atoms with Crippen LogP contribution >= 0.6 is 23.2 Å². The van der Waals surface area contributed by atoms with Crippen LogP contribution in [0.5, 0.6) is 0 Å². The number of halogens is 2. The number of hydrogen-bond donors (Lipinski definition) is 1. The third-order valence-electron chi connectivity index (χ3n) is 6.46. The molecule has 1 N–H and O–H groups in total. The number of fused-ring (bicyclic) bond motifs is 1. The normalized spacial score (nSPS) is 49.6. The molecule has 0 aromatic carbocycles. The van der Waals surface area contributed by atoms with Crippen molar-refractivity contribution in [2.75, 3.05) is 7.05 Å². The molecule has 3 fully saturated rings. The average molecular weight is 318 g/mol. The second-order valence-corrected chi connectivity index (χ2v) is 8.47. The minimum atomic E-state index is 0.208. The van der Waals surface area contributed by atoms with Gasteiger partial charge in [0.15, 0.2) is 0 Å². The topological polar surface area (TPSA) is 12.0 Å². The van der Waals surface area contributed by atoms with Gasteiger partial charge in [-0.3, -0.25) is 0 Å². The first-order chi connectivity index (χ1) is 9.70. The third-order valence-corrected chi connectivity index (χ3v) is 7.60. The second-order valence-electron chi connectivity index (χ2n) is 7.35. The number of nitrogens with one attached hydrogen (secondary N) is 1. The lowest BCUT2D eigenvalue weighted by Gasteiger charge is -2.50. The Hall–Kier alpha value is 0.540. The van der Waals surface area contributed by atoms with Crippen molar-refractivity contribution in [3.05, 3.63) is 0 Å². The highest BCUT2D eigenvalue weighted by Crippen LogP contribution is 2.50. The summed E-state index contributed by atoms with van der Waals surface area (Å²) in [6.07, 6.45) is 12.2. The summed E-state index contributed by atoms with van der Waals surface area (Å²) in [6.45, 7) is 0. The summed E-state index contributed by atoms with van der Waals surface area (Å²) in [5, 5.41) is 4.01. The fraction of sp³-hybridized carbons (Fsp3) is 1.00. The van der Waals surface area contributed by atoms with Gasteiger partial charge in [-0.05, 0) is 75.7 Å². The zero-order chi connectivity index (χ0) is 14.1. The van der Waals surface area contributed by atoms with Gasteiger partial charge in [-0.2, -0.15) is 0 Å². The number of alkyl halides is 2. The Morgan fingerprint density at radius 3 is 2.20 bits per heavy atom. The van der Waals surface area contributed by atoms with Crippen LogP contribution in [0.25, 0.3) is 0 Å². The molecule has 0 aliphatic heterocycles. The largest absolute Gasteiger partial charge is 0.317 e. The molecule has 0 aromatic rings. The maximum atomic E-state index is 6.47. The van der Waals surface area contributed by atoms with E-state index in [-0.39, 0.29) is 10.8 Å². The molecule has 0 bridgehead atoms. The summed E-state index contributed by atoms with van der Waals surface area (Å²) in [6, 6.07) is 0.771. The molecule has 3 rings (SSSR count). The lowest BCUT2D eigenvalue weighted by molar-refractivity contribution is 0.0296. The van der Waals surface area contributed by atoms with E-state index in [2.05, 4.69) is 12.4 Å². The summed E-state index contributed by atoms with van der Waals surface area (Å²) in [4.78, 5) is 0. The van der Waals surface area contributed by atoms with Gasteiger partial charge in [0.05, 0.1) is 5.38 Å². The summed E-state index contributed by atoms with van der Waals surface area (Å²) in [5.74, 6) is 3.65. The van der Waals surface area contributed by atoms with Crippen molar-refractivity contribution in [3.63, 3.8) is 0 Å². The fourth-order valence-electron chi connectivity index (χ4n) is 5.46. The van der Waals surface area contributed by atoms with Gasteiger partial charge in [0.25, 0.3) is 0 Å². The van der Waals surface area contributed by atoms with Crippen LogP contribution in [0.1, 0.15) is 57.8 Å². The molecule has 3 aliphatic rings. The second kappa shape index (κ2) is 6.75. The molecular weight excluding hydrogens is 289 g/mol. The molecule has 0 radical (unpaired) electrons. The molecule has 7 unspecified atom stereocenters. The smallest absolute Gasteiger partial charge is 0.0502 e. The lowest BCUT2D eigenvalue weighted by atomic mass is 9.58. The Kier molecular flexibility index (Phi) is 5.21. The van der Waals surface area contributed by atoms with Crippen molar-refractivity contribution in [1.82, 2.24) is 5.32 Å². The molecule has 0 amide bonds. The van der Waals surface area contributed by atoms with Crippen LogP contribution in [0.3, 0.4) is 0 Å². The highest BCUT2D eigenvalue weighted by atomic mass is 35.5. The first-order valence-corrected chi connectivity index (χ1v) is 9.53. The number of hydrogen-bond acceptors (Lipinski definition) is 1. The Balaban J connectivity index is 1.70. The van der Waals surface area contributed by atoms with Gasteiger partial charge in [-0.25, -0.2) is 0 Å². The van der Waals surface area contributed by atoms with Gasteiger partial charge in [0.1, 0.15) is 0 Å². The van der Waals surface area contributed by atoms with Crippen molar-refractivity contribution in [2.45, 2.75) is 74.6 Å². The van der Waals surface area contributed by atoms with Crippen molar-refractivity contribution >= 4 is 23.2 Å². The zero-order valence-corrected chi connectivity index (χ0v) is 14.2. The number of rotatable bonds is 2. The molecule has 3 heteroatoms. The zero-order valence-electron chi connectivity index (χ0n) is 12.7. The van der Waals surface area contributed by atoms with Crippen molar-refractivity contribution < 1.29 is 0 Å². The lowest BCUT2D eigenvalue weighted by Crippen LogP contribution is -2.48. The van der Waals surface area contributed by atoms with E-state index in [0.29, 0.717) is 0 Å². The van der Waals surface area contributed by atoms with E-state index < -0.39 is 0 Å². The van der Waals surface area contributed by atoms with Crippen molar-refractivity contribution in [3.8, 4) is 0 Å². The molecule has 3 aliphatic carbocycles. The molecular formula is C17H29Cl2N. The molecule has 0 heterocycles. The fourth-order valence-corrected chi connectivity index (χ4v) is 6.04. The van der Waals surface area contributed by atoms with E-state index >= 15 is 0 Å². The minimum absolute atomic E-state index is 0.208. The van der Waals surface area contributed by atoms with Gasteiger partial charge in [-0.1, -0.05) is 12.8 Å². The molecule has 0 spiro atoms. The van der Waals surface area contributed by atoms with E-state index in [9.17, 15) is 0 Å². The molecule has 3 saturated carbocycles. The first kappa shape index (κ1) is 15.4. The summed E-state index contributed by atoms with van der Waals surface area (Å²) < 4.78 is 0. The van der Waals surface area contributed by atoms with E-state index in [0.717, 1.165) is 42.6 Å². The summed E-state index contributed by atoms with van der Waals surface area (Å²) in [7, 11) is 2.16. The average Bonchev–Trinajstić information content (AvgIpc) is 2.49. The van der Waals surface area contributed by atoms with Gasteiger partial charge >= 0.3 is 0 Å². The van der Waals surface area contributed by atoms with E-state index in [1.54, 1.807) is 0 Å². The van der Waals surface area contributed by atoms with Gasteiger partial charge < -0.3 is 5.32 Å². The van der Waals surface area contributed by atoms with Gasteiger partial charge in [-0.15, -0.1) is 23.2 Å². The van der Waals surface area contributed by atoms with E-state index in [1.165, 1.54) is 44.9 Å². The Morgan fingerprint density at radius 2 is 1.50 bits per heavy atom. The molecule has 116 valence electrons. The van der Waals surface area contributed by atoms with Gasteiger partial charge in [0.2, 0.25) is 0 Å². The molecule has 7 atom stereocenters. The Bertz CT molecular complexity index is 322. The van der Waals surface area contributed by atoms with Crippen LogP contribution in [0.15, 0.2) is 0 Å². The van der Waals surface area contributed by atoms with Crippen LogP contribution in [0, 0.1) is 23.7 Å². The highest BCUT2D eigenvalue weighted by molar-refractivity contribution is 6.30. The van der Waals surface area contributed by atoms with Crippen LogP contribution in [0.2, 0.25) is 0 Å². The van der Waals surface area contributed by atoms with Crippen LogP contribution in [-0.4, -0.2) is 23.8 Å². The minimum Gasteiger partial charge on any atom is -0.317 e.